The summed E-state index contributed by atoms with van der Waals surface area (Å²) in [5, 5.41) is 15.1. The van der Waals surface area contributed by atoms with E-state index in [0.29, 0.717) is 67.7 Å². The van der Waals surface area contributed by atoms with Crippen molar-refractivity contribution in [3.05, 3.63) is 59.7 Å². The second kappa shape index (κ2) is 10.4. The van der Waals surface area contributed by atoms with Gasteiger partial charge in [-0.25, -0.2) is 4.79 Å². The van der Waals surface area contributed by atoms with Gasteiger partial charge >= 0.3 is 18.4 Å². The minimum Gasteiger partial charge on any atom is -0.489 e. The average Bonchev–Trinajstić information content (AvgIpc) is 3.56. The van der Waals surface area contributed by atoms with Gasteiger partial charge in [0.2, 0.25) is 0 Å². The lowest BCUT2D eigenvalue weighted by molar-refractivity contribution is -0.376. The van der Waals surface area contributed by atoms with Crippen molar-refractivity contribution in [2.45, 2.75) is 49.9 Å². The average molecular weight is 531 g/mol. The zero-order chi connectivity index (χ0) is 26.8. The molecule has 0 aromatic heterocycles. The van der Waals surface area contributed by atoms with Gasteiger partial charge in [-0.3, -0.25) is 4.90 Å². The number of benzene rings is 2. The maximum Gasteiger partial charge on any atom is 0.430 e. The molecule has 2 aromatic rings. The Balaban J connectivity index is 1.27. The van der Waals surface area contributed by atoms with Crippen LogP contribution >= 0.6 is 0 Å². The molecule has 2 amide bonds. The third-order valence-electron chi connectivity index (χ3n) is 6.49. The van der Waals surface area contributed by atoms with Gasteiger partial charge in [0.05, 0.1) is 0 Å². The summed E-state index contributed by atoms with van der Waals surface area (Å²) >= 11 is 0. The number of amides is 2. The van der Waals surface area contributed by atoms with Crippen LogP contribution in [0.2, 0.25) is 0 Å². The number of nitrogens with one attached hydrogen (secondary N) is 2. The number of rotatable bonds is 8. The van der Waals surface area contributed by atoms with Crippen LogP contribution in [0, 0.1) is 5.92 Å². The van der Waals surface area contributed by atoms with E-state index in [1.54, 1.807) is 24.3 Å². The van der Waals surface area contributed by atoms with E-state index in [9.17, 15) is 36.2 Å². The van der Waals surface area contributed by atoms with E-state index in [0.717, 1.165) is 25.0 Å². The van der Waals surface area contributed by atoms with Crippen molar-refractivity contribution >= 4 is 11.7 Å². The van der Waals surface area contributed by atoms with Crippen molar-refractivity contribution < 1.29 is 41.0 Å². The van der Waals surface area contributed by atoms with Crippen LogP contribution in [0.25, 0.3) is 0 Å². The van der Waals surface area contributed by atoms with Crippen LogP contribution in [-0.4, -0.2) is 54.1 Å². The van der Waals surface area contributed by atoms with Gasteiger partial charge in [-0.1, -0.05) is 24.3 Å². The summed E-state index contributed by atoms with van der Waals surface area (Å²) in [5.41, 5.74) is -5.08. The van der Waals surface area contributed by atoms with E-state index in [1.807, 2.05) is 4.90 Å². The van der Waals surface area contributed by atoms with E-state index in [2.05, 4.69) is 10.6 Å². The first-order valence-corrected chi connectivity index (χ1v) is 11.8. The molecule has 2 fully saturated rings. The Hall–Kier alpha value is -2.99. The molecule has 1 atom stereocenters. The van der Waals surface area contributed by atoms with Crippen molar-refractivity contribution in [1.82, 2.24) is 10.2 Å². The highest BCUT2D eigenvalue weighted by atomic mass is 19.4. The summed E-state index contributed by atoms with van der Waals surface area (Å²) in [4.78, 5) is 13.9. The first kappa shape index (κ1) is 27.1. The van der Waals surface area contributed by atoms with Crippen LogP contribution in [-0.2, 0) is 12.1 Å². The fourth-order valence-electron chi connectivity index (χ4n) is 4.18. The Kier molecular flexibility index (Phi) is 7.61. The molecule has 37 heavy (non-hydrogen) atoms. The molecular weight excluding hydrogens is 504 g/mol. The standard InChI is InChI=1S/C25H27F6N3O3/c26-24(27,28)23(36,25(29,30)31)18-5-3-17(4-6-18)14-34-12-11-21(15-34)37-20-9-7-19(8-10-20)33-22(35)32-13-16-1-2-16/h3-10,16,21,36H,1-2,11-15H2,(H2,32,33,35). The topological polar surface area (TPSA) is 73.8 Å². The second-order valence-electron chi connectivity index (χ2n) is 9.47. The van der Waals surface area contributed by atoms with Crippen LogP contribution in [0.15, 0.2) is 48.5 Å². The minimum absolute atomic E-state index is 0.152. The zero-order valence-corrected chi connectivity index (χ0v) is 19.7. The number of likely N-dealkylation sites (tertiary alicyclic amines) is 1. The number of aliphatic hydroxyl groups is 1. The van der Waals surface area contributed by atoms with E-state index in [4.69, 9.17) is 4.74 Å². The van der Waals surface area contributed by atoms with Crippen LogP contribution in [0.1, 0.15) is 30.4 Å². The lowest BCUT2D eigenvalue weighted by Gasteiger charge is -2.32. The molecule has 2 aromatic carbocycles. The molecule has 0 radical (unpaired) electrons. The number of urea groups is 1. The first-order chi connectivity index (χ1) is 17.3. The number of anilines is 1. The first-order valence-electron chi connectivity index (χ1n) is 11.8. The predicted molar refractivity (Wildman–Crippen MR) is 123 cm³/mol. The number of halogens is 6. The lowest BCUT2D eigenvalue weighted by Crippen LogP contribution is -2.53. The summed E-state index contributed by atoms with van der Waals surface area (Å²) < 4.78 is 84.3. The molecule has 1 saturated heterocycles. The number of hydrogen-bond donors (Lipinski definition) is 3. The zero-order valence-electron chi connectivity index (χ0n) is 19.7. The highest BCUT2D eigenvalue weighted by Crippen LogP contribution is 2.50. The molecule has 12 heteroatoms. The van der Waals surface area contributed by atoms with Gasteiger partial charge in [-0.05, 0) is 55.0 Å². The molecular formula is C25H27F6N3O3. The van der Waals surface area contributed by atoms with Crippen LogP contribution in [0.4, 0.5) is 36.8 Å². The minimum atomic E-state index is -5.91. The van der Waals surface area contributed by atoms with Crippen molar-refractivity contribution in [3.63, 3.8) is 0 Å². The summed E-state index contributed by atoms with van der Waals surface area (Å²) in [6.45, 7) is 2.11. The quantitative estimate of drug-likeness (QED) is 0.411. The number of nitrogens with zero attached hydrogens (tertiary/aromatic N) is 1. The Morgan fingerprint density at radius 1 is 0.946 bits per heavy atom. The largest absolute Gasteiger partial charge is 0.489 e. The fraction of sp³-hybridized carbons (Fsp3) is 0.480. The van der Waals surface area contributed by atoms with Crippen LogP contribution in [0.3, 0.4) is 0 Å². The van der Waals surface area contributed by atoms with Crippen molar-refractivity contribution in [3.8, 4) is 5.75 Å². The smallest absolute Gasteiger partial charge is 0.430 e. The summed E-state index contributed by atoms with van der Waals surface area (Å²) in [7, 11) is 0. The van der Waals surface area contributed by atoms with Crippen molar-refractivity contribution in [2.24, 2.45) is 5.92 Å². The number of carbonyl (C=O) groups is 1. The molecule has 1 aliphatic carbocycles. The molecule has 1 unspecified atom stereocenters. The third-order valence-corrected chi connectivity index (χ3v) is 6.49. The Bertz CT molecular complexity index is 1060. The van der Waals surface area contributed by atoms with E-state index < -0.39 is 23.5 Å². The van der Waals surface area contributed by atoms with Gasteiger partial charge in [0.25, 0.3) is 5.60 Å². The molecule has 1 saturated carbocycles. The van der Waals surface area contributed by atoms with E-state index in [-0.39, 0.29) is 12.1 Å². The van der Waals surface area contributed by atoms with Gasteiger partial charge < -0.3 is 20.5 Å². The third kappa shape index (κ3) is 6.48. The molecule has 6 nitrogen and oxygen atoms in total. The SMILES string of the molecule is O=C(NCC1CC1)Nc1ccc(OC2CCN(Cc3ccc(C(O)(C(F)(F)F)C(F)(F)F)cc3)C2)cc1. The lowest BCUT2D eigenvalue weighted by atomic mass is 9.91. The Morgan fingerprint density at radius 3 is 2.14 bits per heavy atom. The molecule has 4 rings (SSSR count). The predicted octanol–water partition coefficient (Wildman–Crippen LogP) is 5.18. The molecule has 202 valence electrons. The number of hydrogen-bond acceptors (Lipinski definition) is 4. The van der Waals surface area contributed by atoms with Crippen LogP contribution < -0.4 is 15.4 Å². The van der Waals surface area contributed by atoms with Crippen LogP contribution in [0.5, 0.6) is 5.75 Å². The van der Waals surface area contributed by atoms with Gasteiger partial charge in [0.15, 0.2) is 0 Å². The van der Waals surface area contributed by atoms with Crippen molar-refractivity contribution in [1.29, 1.82) is 0 Å². The highest BCUT2D eigenvalue weighted by Gasteiger charge is 2.71. The molecule has 0 bridgehead atoms. The molecule has 1 heterocycles. The van der Waals surface area contributed by atoms with E-state index in [1.165, 1.54) is 0 Å². The van der Waals surface area contributed by atoms with Gasteiger partial charge in [0, 0.05) is 37.4 Å². The maximum atomic E-state index is 13.1. The second-order valence-corrected chi connectivity index (χ2v) is 9.47. The maximum absolute atomic E-state index is 13.1. The Labute approximate surface area is 209 Å². The number of ether oxygens (including phenoxy) is 1. The molecule has 1 aliphatic heterocycles. The van der Waals surface area contributed by atoms with Gasteiger partial charge in [-0.15, -0.1) is 0 Å². The summed E-state index contributed by atoms with van der Waals surface area (Å²) in [6.07, 6.45) is -9.01. The monoisotopic (exact) mass is 531 g/mol. The molecule has 0 spiro atoms. The fourth-order valence-corrected chi connectivity index (χ4v) is 4.18. The summed E-state index contributed by atoms with van der Waals surface area (Å²) in [6, 6.07) is 10.3. The van der Waals surface area contributed by atoms with Gasteiger partial charge in [-0.2, -0.15) is 26.3 Å². The summed E-state index contributed by atoms with van der Waals surface area (Å²) in [5.74, 6) is 1.19. The Morgan fingerprint density at radius 2 is 1.57 bits per heavy atom. The molecule has 3 N–H and O–H groups in total. The normalized spacial score (nSPS) is 19.1. The number of alkyl halides is 6. The van der Waals surface area contributed by atoms with Gasteiger partial charge in [0.1, 0.15) is 11.9 Å². The van der Waals surface area contributed by atoms with E-state index >= 15 is 0 Å². The highest BCUT2D eigenvalue weighted by molar-refractivity contribution is 5.89. The molecule has 2 aliphatic rings. The number of carbonyl (C=O) groups excluding carboxylic acids is 1. The van der Waals surface area contributed by atoms with Crippen molar-refractivity contribution in [2.75, 3.05) is 25.0 Å².